The number of hydrogen-bond donors (Lipinski definition) is 4. The maximum Gasteiger partial charge on any atom is 0.184 e. The molecular weight excluding hydrogens is 611 g/mol. The summed E-state index contributed by atoms with van der Waals surface area (Å²) in [4.78, 5) is 25.6. The van der Waals surface area contributed by atoms with Gasteiger partial charge in [-0.05, 0) is 106 Å². The van der Waals surface area contributed by atoms with Crippen molar-refractivity contribution in [3.05, 3.63) is 82.7 Å². The Bertz CT molecular complexity index is 1670. The first-order valence-corrected chi connectivity index (χ1v) is 17.1. The van der Waals surface area contributed by atoms with E-state index in [0.29, 0.717) is 31.2 Å². The standard InChI is InChI=1S/C39H49FN2O6/c1-21(2)42-26-9-7-8-24(16-26)20-47-29-11-10-22(3)32(34(29)40)36(46)48-30-18-31-38(6,33(30)23(4)43)19-28(45)35-37(5)14-13-27(44)17-25(37)12-15-39(31,35)41/h7-11,13-14,16-17,21,28,30-31,33,35-36,42,45-46H,12,15,18-20,41H2,1-6H3/t28?,30-,31?,33?,35?,36?,37?,38?,39?/m1/s1. The van der Waals surface area contributed by atoms with Gasteiger partial charge in [0.2, 0.25) is 0 Å². The number of fused-ring (bicyclic) bond motifs is 5. The number of aryl methyl sites for hydroxylation is 1. The van der Waals surface area contributed by atoms with E-state index in [9.17, 15) is 19.8 Å². The number of ketones is 2. The van der Waals surface area contributed by atoms with E-state index >= 15 is 4.39 Å². The number of nitrogens with two attached hydrogens (primary N) is 1. The van der Waals surface area contributed by atoms with Gasteiger partial charge in [-0.1, -0.05) is 43.7 Å². The summed E-state index contributed by atoms with van der Waals surface area (Å²) < 4.78 is 28.3. The highest BCUT2D eigenvalue weighted by Crippen LogP contribution is 2.67. The van der Waals surface area contributed by atoms with Gasteiger partial charge in [0.25, 0.3) is 0 Å². The summed E-state index contributed by atoms with van der Waals surface area (Å²) in [7, 11) is 0. The van der Waals surface area contributed by atoms with E-state index in [-0.39, 0.29) is 47.4 Å². The van der Waals surface area contributed by atoms with E-state index < -0.39 is 46.6 Å². The Morgan fingerprint density at radius 3 is 2.67 bits per heavy atom. The number of halogens is 1. The monoisotopic (exact) mass is 660 g/mol. The minimum Gasteiger partial charge on any atom is -0.486 e. The van der Waals surface area contributed by atoms with Crippen LogP contribution in [0.4, 0.5) is 10.1 Å². The Kier molecular flexibility index (Phi) is 8.99. The fourth-order valence-corrected chi connectivity index (χ4v) is 9.97. The molecule has 0 amide bonds. The van der Waals surface area contributed by atoms with Crippen LogP contribution >= 0.6 is 0 Å². The number of aliphatic hydroxyl groups excluding tert-OH is 2. The van der Waals surface area contributed by atoms with Crippen LogP contribution in [0.25, 0.3) is 0 Å². The second-order valence-electron chi connectivity index (χ2n) is 15.4. The number of ether oxygens (including phenoxy) is 2. The summed E-state index contributed by atoms with van der Waals surface area (Å²) in [6.45, 7) is 11.5. The van der Waals surface area contributed by atoms with Crippen molar-refractivity contribution in [3.8, 4) is 5.75 Å². The van der Waals surface area contributed by atoms with Gasteiger partial charge in [-0.2, -0.15) is 0 Å². The molecule has 0 spiro atoms. The van der Waals surface area contributed by atoms with E-state index in [1.807, 2.05) is 58.0 Å². The average molecular weight is 661 g/mol. The third kappa shape index (κ3) is 5.72. The van der Waals surface area contributed by atoms with E-state index in [0.717, 1.165) is 16.8 Å². The van der Waals surface area contributed by atoms with E-state index in [4.69, 9.17) is 15.2 Å². The molecule has 48 heavy (non-hydrogen) atoms. The topological polar surface area (TPSA) is 131 Å². The number of hydrogen-bond acceptors (Lipinski definition) is 8. The lowest BCUT2D eigenvalue weighted by Crippen LogP contribution is -2.70. The molecule has 0 radical (unpaired) electrons. The Labute approximate surface area is 282 Å². The van der Waals surface area contributed by atoms with Crippen molar-refractivity contribution in [1.82, 2.24) is 0 Å². The second kappa shape index (κ2) is 12.5. The number of nitrogens with one attached hydrogen (secondary N) is 1. The van der Waals surface area contributed by atoms with Gasteiger partial charge in [0.05, 0.1) is 17.8 Å². The van der Waals surface area contributed by atoms with Crippen molar-refractivity contribution >= 4 is 17.3 Å². The Balaban J connectivity index is 1.25. The molecule has 0 bridgehead atoms. The molecule has 3 saturated carbocycles. The molecule has 0 heterocycles. The number of carbonyl (C=O) groups is 2. The molecule has 2 aromatic carbocycles. The molecule has 0 aromatic heterocycles. The fraction of sp³-hybridized carbons (Fsp3) is 0.538. The molecule has 3 fully saturated rings. The predicted molar refractivity (Wildman–Crippen MR) is 181 cm³/mol. The smallest absolute Gasteiger partial charge is 0.184 e. The zero-order valence-corrected chi connectivity index (χ0v) is 28.8. The molecule has 9 atom stereocenters. The number of Topliss-reactive ketones (excluding diaryl/α,β-unsaturated/α-hetero) is 1. The molecule has 5 N–H and O–H groups in total. The lowest BCUT2D eigenvalue weighted by molar-refractivity contribution is -0.166. The number of allylic oxidation sites excluding steroid dienone is 4. The summed E-state index contributed by atoms with van der Waals surface area (Å²) in [5.41, 5.74) is 8.42. The van der Waals surface area contributed by atoms with Gasteiger partial charge < -0.3 is 30.7 Å². The van der Waals surface area contributed by atoms with Crippen LogP contribution in [-0.4, -0.2) is 45.6 Å². The molecule has 8 nitrogen and oxygen atoms in total. The lowest BCUT2D eigenvalue weighted by Gasteiger charge is -2.63. The van der Waals surface area contributed by atoms with Crippen LogP contribution in [0, 0.1) is 41.3 Å². The van der Waals surface area contributed by atoms with Crippen LogP contribution in [0.3, 0.4) is 0 Å². The maximum absolute atomic E-state index is 16.1. The largest absolute Gasteiger partial charge is 0.486 e. The van der Waals surface area contributed by atoms with E-state index in [1.165, 1.54) is 6.92 Å². The Morgan fingerprint density at radius 1 is 1.21 bits per heavy atom. The molecule has 2 aromatic rings. The highest BCUT2D eigenvalue weighted by Gasteiger charge is 2.70. The van der Waals surface area contributed by atoms with Gasteiger partial charge in [-0.15, -0.1) is 0 Å². The van der Waals surface area contributed by atoms with E-state index in [1.54, 1.807) is 31.2 Å². The van der Waals surface area contributed by atoms with Crippen molar-refractivity contribution in [2.75, 3.05) is 5.32 Å². The molecule has 4 aliphatic rings. The Morgan fingerprint density at radius 2 is 1.96 bits per heavy atom. The van der Waals surface area contributed by atoms with Crippen molar-refractivity contribution < 1.29 is 33.7 Å². The molecule has 8 unspecified atom stereocenters. The summed E-state index contributed by atoms with van der Waals surface area (Å²) in [5, 5.41) is 26.6. The molecule has 9 heteroatoms. The van der Waals surface area contributed by atoms with Crippen LogP contribution < -0.4 is 15.8 Å². The highest BCUT2D eigenvalue weighted by atomic mass is 19.1. The van der Waals surface area contributed by atoms with Gasteiger partial charge in [-0.25, -0.2) is 4.39 Å². The predicted octanol–water partition coefficient (Wildman–Crippen LogP) is 6.08. The van der Waals surface area contributed by atoms with Gasteiger partial charge >= 0.3 is 0 Å². The quantitative estimate of drug-likeness (QED) is 0.238. The summed E-state index contributed by atoms with van der Waals surface area (Å²) in [6.07, 6.45) is 3.69. The van der Waals surface area contributed by atoms with Crippen LogP contribution in [0.15, 0.2) is 60.2 Å². The van der Waals surface area contributed by atoms with Gasteiger partial charge in [0.15, 0.2) is 23.6 Å². The zero-order valence-electron chi connectivity index (χ0n) is 28.8. The highest BCUT2D eigenvalue weighted by molar-refractivity contribution is 6.01. The molecule has 4 aliphatic carbocycles. The number of benzene rings is 2. The van der Waals surface area contributed by atoms with Gasteiger partial charge in [-0.3, -0.25) is 9.59 Å². The molecule has 6 rings (SSSR count). The normalized spacial score (nSPS) is 34.6. The lowest BCUT2D eigenvalue weighted by atomic mass is 9.43. The molecule has 0 aliphatic heterocycles. The summed E-state index contributed by atoms with van der Waals surface area (Å²) in [5.74, 6) is -2.19. The first-order valence-electron chi connectivity index (χ1n) is 17.1. The van der Waals surface area contributed by atoms with Crippen molar-refractivity contribution in [1.29, 1.82) is 0 Å². The van der Waals surface area contributed by atoms with Gasteiger partial charge in [0, 0.05) is 34.5 Å². The SMILES string of the molecule is CC(=O)C1[C@H](OC(O)c2c(C)ccc(OCc3cccc(NC(C)C)c3)c2F)CC2C1(C)CC(O)C1C3(C)C=CC(=O)C=C3CCC12N. The molecule has 258 valence electrons. The minimum atomic E-state index is -1.66. The summed E-state index contributed by atoms with van der Waals surface area (Å²) in [6, 6.07) is 11.2. The van der Waals surface area contributed by atoms with Crippen LogP contribution in [0.2, 0.25) is 0 Å². The number of anilines is 1. The van der Waals surface area contributed by atoms with Crippen LogP contribution in [0.5, 0.6) is 5.75 Å². The second-order valence-corrected chi connectivity index (χ2v) is 15.4. The maximum atomic E-state index is 16.1. The first-order chi connectivity index (χ1) is 22.6. The number of carbonyl (C=O) groups excluding carboxylic acids is 2. The average Bonchev–Trinajstić information content (AvgIpc) is 3.29. The minimum absolute atomic E-state index is 0.0131. The van der Waals surface area contributed by atoms with Gasteiger partial charge in [0.1, 0.15) is 12.4 Å². The first kappa shape index (κ1) is 34.5. The zero-order chi connectivity index (χ0) is 34.8. The third-order valence-corrected chi connectivity index (χ3v) is 11.8. The Hall–Kier alpha value is -3.37. The number of aliphatic hydroxyl groups is 2. The number of rotatable bonds is 9. The van der Waals surface area contributed by atoms with Crippen molar-refractivity contribution in [3.63, 3.8) is 0 Å². The van der Waals surface area contributed by atoms with Crippen molar-refractivity contribution in [2.45, 2.75) is 104 Å². The van der Waals surface area contributed by atoms with Crippen LogP contribution in [-0.2, 0) is 20.9 Å². The van der Waals surface area contributed by atoms with Crippen LogP contribution in [0.1, 0.15) is 83.3 Å². The summed E-state index contributed by atoms with van der Waals surface area (Å²) >= 11 is 0. The third-order valence-electron chi connectivity index (χ3n) is 11.8. The molecular formula is C39H49FN2O6. The van der Waals surface area contributed by atoms with Crippen molar-refractivity contribution in [2.24, 2.45) is 34.3 Å². The fourth-order valence-electron chi connectivity index (χ4n) is 9.97. The van der Waals surface area contributed by atoms with E-state index in [2.05, 4.69) is 5.32 Å². The molecule has 0 saturated heterocycles.